The maximum atomic E-state index is 7.36. The van der Waals surface area contributed by atoms with Gasteiger partial charge in [-0.05, 0) is 177 Å². The molecule has 2 aromatic heterocycles. The fraction of sp³-hybridized carbons (Fsp3) is 0.162. The molecule has 0 N–H and O–H groups in total. The van der Waals surface area contributed by atoms with E-state index in [0.717, 1.165) is 111 Å². The van der Waals surface area contributed by atoms with Gasteiger partial charge in [0.05, 0.1) is 0 Å². The van der Waals surface area contributed by atoms with E-state index >= 15 is 0 Å². The van der Waals surface area contributed by atoms with Gasteiger partial charge in [-0.1, -0.05) is 175 Å². The average molecular weight is 1010 g/mol. The van der Waals surface area contributed by atoms with Crippen LogP contribution in [-0.4, -0.2) is 0 Å². The molecule has 4 heteroatoms. The normalized spacial score (nSPS) is 12.2. The van der Waals surface area contributed by atoms with Crippen molar-refractivity contribution in [2.24, 2.45) is 0 Å². The average Bonchev–Trinajstić information content (AvgIpc) is 4.07. The van der Waals surface area contributed by atoms with Gasteiger partial charge in [0, 0.05) is 66.8 Å². The molecule has 13 rings (SSSR count). The Bertz CT molecular complexity index is 4220. The summed E-state index contributed by atoms with van der Waals surface area (Å²) < 4.78 is 14.7. The molecule has 0 saturated heterocycles. The highest BCUT2D eigenvalue weighted by Gasteiger charge is 2.35. The second-order valence-electron chi connectivity index (χ2n) is 23.6. The number of anilines is 6. The standard InChI is InChI=1S/C74H64N2O2/c1-45-21-17-19-27-61(45)75(63-41-53(31-29-47(63)3)49-23-13-11-14-24-49)57-35-33-51-39-59-65(43-55(51)37-57)77-71-67(59)69(73(5,6)7)72-68(70(71)74(8,9)10)60-40-52-34-36-58(38-56(52)44-66(60)78-72)76(62-28-20-18-22-46(62)2)64-42-54(32-30-48(64)4)50-25-15-12-16-26-50/h11-44H,1-10H3. The van der Waals surface area contributed by atoms with E-state index in [0.29, 0.717) is 0 Å². The minimum absolute atomic E-state index is 0.302. The first-order valence-electron chi connectivity index (χ1n) is 27.4. The molecule has 0 amide bonds. The van der Waals surface area contributed by atoms with Gasteiger partial charge in [0.15, 0.2) is 0 Å². The Kier molecular flexibility index (Phi) is 11.5. The number of furan rings is 2. The van der Waals surface area contributed by atoms with Crippen molar-refractivity contribution >= 4 is 99.5 Å². The number of hydrogen-bond donors (Lipinski definition) is 0. The molecule has 0 aliphatic carbocycles. The lowest BCUT2D eigenvalue weighted by atomic mass is 9.77. The van der Waals surface area contributed by atoms with E-state index in [2.05, 4.69) is 285 Å². The number of fused-ring (bicyclic) bond motifs is 8. The van der Waals surface area contributed by atoms with Gasteiger partial charge in [0.2, 0.25) is 0 Å². The molecule has 2 heterocycles. The van der Waals surface area contributed by atoms with E-state index in [4.69, 9.17) is 8.83 Å². The maximum Gasteiger partial charge on any atom is 0.140 e. The van der Waals surface area contributed by atoms with Crippen molar-refractivity contribution in [3.8, 4) is 22.3 Å². The zero-order chi connectivity index (χ0) is 53.8. The van der Waals surface area contributed by atoms with E-state index in [1.165, 1.54) is 44.5 Å². The minimum Gasteiger partial charge on any atom is -0.456 e. The molecule has 0 bridgehead atoms. The molecular weight excluding hydrogens is 949 g/mol. The Hall–Kier alpha value is -8.86. The lowest BCUT2D eigenvalue weighted by Crippen LogP contribution is -2.16. The number of para-hydroxylation sites is 2. The fourth-order valence-corrected chi connectivity index (χ4v) is 12.2. The molecule has 13 aromatic rings. The Morgan fingerprint density at radius 3 is 1.06 bits per heavy atom. The number of hydrogen-bond acceptors (Lipinski definition) is 4. The SMILES string of the molecule is Cc1ccccc1N(c1ccc2cc3c(cc2c1)oc1c(C(C)(C)C)c2c(oc4cc5cc(N(c6ccccc6C)c6cc(-c7ccccc7)ccc6C)ccc5cc42)c(C(C)(C)C)c13)c1cc(-c2ccccc2)ccc1C. The minimum atomic E-state index is -0.302. The van der Waals surface area contributed by atoms with Crippen LogP contribution in [0.5, 0.6) is 0 Å². The number of rotatable bonds is 8. The molecule has 0 radical (unpaired) electrons. The summed E-state index contributed by atoms with van der Waals surface area (Å²) in [5.41, 5.74) is 21.6. The fourth-order valence-electron chi connectivity index (χ4n) is 12.2. The largest absolute Gasteiger partial charge is 0.456 e. The molecule has 382 valence electrons. The zero-order valence-corrected chi connectivity index (χ0v) is 46.3. The van der Waals surface area contributed by atoms with Gasteiger partial charge in [0.1, 0.15) is 22.3 Å². The topological polar surface area (TPSA) is 32.8 Å². The second-order valence-corrected chi connectivity index (χ2v) is 23.6. The Morgan fingerprint density at radius 1 is 0.308 bits per heavy atom. The van der Waals surface area contributed by atoms with Crippen LogP contribution in [0.15, 0.2) is 215 Å². The van der Waals surface area contributed by atoms with Gasteiger partial charge in [-0.25, -0.2) is 0 Å². The second kappa shape index (κ2) is 18.4. The van der Waals surface area contributed by atoms with E-state index in [1.807, 2.05) is 0 Å². The van der Waals surface area contributed by atoms with Gasteiger partial charge in [-0.15, -0.1) is 0 Å². The molecule has 0 unspecified atom stereocenters. The van der Waals surface area contributed by atoms with Crippen LogP contribution < -0.4 is 9.80 Å². The number of benzene rings is 11. The van der Waals surface area contributed by atoms with Crippen molar-refractivity contribution in [2.45, 2.75) is 80.1 Å². The van der Waals surface area contributed by atoms with Gasteiger partial charge in [-0.2, -0.15) is 0 Å². The Labute approximate surface area is 457 Å². The summed E-state index contributed by atoms with van der Waals surface area (Å²) in [7, 11) is 0. The van der Waals surface area contributed by atoms with E-state index in [9.17, 15) is 0 Å². The van der Waals surface area contributed by atoms with Crippen LogP contribution in [0.2, 0.25) is 0 Å². The quantitative estimate of drug-likeness (QED) is 0.152. The summed E-state index contributed by atoms with van der Waals surface area (Å²) in [6.45, 7) is 22.7. The lowest BCUT2D eigenvalue weighted by Gasteiger charge is -2.29. The summed E-state index contributed by atoms with van der Waals surface area (Å²) in [5.74, 6) is 0. The predicted molar refractivity (Wildman–Crippen MR) is 333 cm³/mol. The molecule has 11 aromatic carbocycles. The van der Waals surface area contributed by atoms with Crippen molar-refractivity contribution in [3.05, 3.63) is 240 Å². The van der Waals surface area contributed by atoms with Gasteiger partial charge in [-0.3, -0.25) is 0 Å². The molecule has 0 aliphatic rings. The van der Waals surface area contributed by atoms with E-state index in [-0.39, 0.29) is 10.8 Å². The van der Waals surface area contributed by atoms with Crippen LogP contribution >= 0.6 is 0 Å². The zero-order valence-electron chi connectivity index (χ0n) is 46.3. The molecular formula is C74H64N2O2. The van der Waals surface area contributed by atoms with E-state index in [1.54, 1.807) is 0 Å². The molecule has 78 heavy (non-hydrogen) atoms. The third kappa shape index (κ3) is 8.21. The van der Waals surface area contributed by atoms with Crippen molar-refractivity contribution < 1.29 is 8.83 Å². The van der Waals surface area contributed by atoms with Crippen LogP contribution in [0.25, 0.3) is 87.7 Å². The first-order valence-corrected chi connectivity index (χ1v) is 27.4. The molecule has 0 fully saturated rings. The molecule has 0 saturated carbocycles. The van der Waals surface area contributed by atoms with Crippen molar-refractivity contribution in [1.82, 2.24) is 0 Å². The van der Waals surface area contributed by atoms with Gasteiger partial charge in [0.25, 0.3) is 0 Å². The van der Waals surface area contributed by atoms with E-state index < -0.39 is 0 Å². The van der Waals surface area contributed by atoms with Crippen LogP contribution in [0.1, 0.15) is 74.9 Å². The van der Waals surface area contributed by atoms with Crippen LogP contribution in [0, 0.1) is 27.7 Å². The highest BCUT2D eigenvalue weighted by atomic mass is 16.3. The lowest BCUT2D eigenvalue weighted by molar-refractivity contribution is 0.564. The Balaban J connectivity index is 0.996. The third-order valence-electron chi connectivity index (χ3n) is 16.1. The molecule has 0 atom stereocenters. The summed E-state index contributed by atoms with van der Waals surface area (Å²) in [5, 5.41) is 8.99. The monoisotopic (exact) mass is 1010 g/mol. The van der Waals surface area contributed by atoms with Crippen LogP contribution in [0.4, 0.5) is 34.1 Å². The van der Waals surface area contributed by atoms with Crippen molar-refractivity contribution in [1.29, 1.82) is 0 Å². The highest BCUT2D eigenvalue weighted by molar-refractivity contribution is 6.23. The molecule has 0 spiro atoms. The molecule has 0 aliphatic heterocycles. The van der Waals surface area contributed by atoms with Gasteiger partial charge >= 0.3 is 0 Å². The summed E-state index contributed by atoms with van der Waals surface area (Å²) in [4.78, 5) is 4.84. The summed E-state index contributed by atoms with van der Waals surface area (Å²) in [6.07, 6.45) is 0. The third-order valence-corrected chi connectivity index (χ3v) is 16.1. The number of aryl methyl sites for hydroxylation is 4. The van der Waals surface area contributed by atoms with Crippen LogP contribution in [-0.2, 0) is 10.8 Å². The summed E-state index contributed by atoms with van der Waals surface area (Å²) in [6, 6.07) is 75.3. The predicted octanol–water partition coefficient (Wildman–Crippen LogP) is 21.9. The maximum absolute atomic E-state index is 7.36. The van der Waals surface area contributed by atoms with Crippen LogP contribution in [0.3, 0.4) is 0 Å². The first-order chi connectivity index (χ1) is 37.6. The Morgan fingerprint density at radius 2 is 0.679 bits per heavy atom. The van der Waals surface area contributed by atoms with Crippen molar-refractivity contribution in [2.75, 3.05) is 9.80 Å². The van der Waals surface area contributed by atoms with Crippen molar-refractivity contribution in [3.63, 3.8) is 0 Å². The highest BCUT2D eigenvalue weighted by Crippen LogP contribution is 2.52. The first kappa shape index (κ1) is 48.8. The summed E-state index contributed by atoms with van der Waals surface area (Å²) >= 11 is 0. The number of nitrogens with zero attached hydrogens (tertiary/aromatic N) is 2. The molecule has 4 nitrogen and oxygen atoms in total. The van der Waals surface area contributed by atoms with Gasteiger partial charge < -0.3 is 18.6 Å². The smallest absolute Gasteiger partial charge is 0.140 e.